The van der Waals surface area contributed by atoms with E-state index in [-0.39, 0.29) is 0 Å². The minimum absolute atomic E-state index is 0.394. The molecule has 1 aromatic carbocycles. The number of H-pyrrole nitrogens is 3. The number of likely N-dealkylation sites (N-methyl/N-ethyl adjacent to an activating group) is 1. The van der Waals surface area contributed by atoms with Gasteiger partial charge in [-0.2, -0.15) is 10.2 Å². The maximum absolute atomic E-state index is 14.5. The van der Waals surface area contributed by atoms with Crippen molar-refractivity contribution in [2.45, 2.75) is 0 Å². The quantitative estimate of drug-likeness (QED) is 0.313. The topological polar surface area (TPSA) is 124 Å². The Bertz CT molecular complexity index is 1670. The molecule has 180 valence electrons. The van der Waals surface area contributed by atoms with E-state index in [4.69, 9.17) is 14.7 Å². The van der Waals surface area contributed by atoms with Gasteiger partial charge in [0, 0.05) is 36.1 Å². The summed E-state index contributed by atoms with van der Waals surface area (Å²) in [6.45, 7) is 1.17. The Kier molecular flexibility index (Phi) is 5.38. The van der Waals surface area contributed by atoms with Gasteiger partial charge in [0.1, 0.15) is 23.7 Å². The molecule has 36 heavy (non-hydrogen) atoms. The van der Waals surface area contributed by atoms with E-state index in [1.807, 2.05) is 31.1 Å². The average Bonchev–Trinajstić information content (AvgIpc) is 3.62. The number of aromatic nitrogens is 8. The van der Waals surface area contributed by atoms with Crippen molar-refractivity contribution >= 4 is 22.1 Å². The third-order valence-electron chi connectivity index (χ3n) is 5.81. The van der Waals surface area contributed by atoms with Crippen molar-refractivity contribution in [1.29, 1.82) is 0 Å². The van der Waals surface area contributed by atoms with Crippen LogP contribution in [0.2, 0.25) is 0 Å². The molecule has 6 aromatic rings. The van der Waals surface area contributed by atoms with Crippen LogP contribution in [0.5, 0.6) is 5.75 Å². The second kappa shape index (κ2) is 8.86. The van der Waals surface area contributed by atoms with Crippen LogP contribution in [0.1, 0.15) is 0 Å². The van der Waals surface area contributed by atoms with Crippen LogP contribution < -0.4 is 4.74 Å². The Labute approximate surface area is 204 Å². The molecule has 0 atom stereocenters. The van der Waals surface area contributed by atoms with Crippen molar-refractivity contribution in [3.8, 4) is 39.7 Å². The highest BCUT2D eigenvalue weighted by molar-refractivity contribution is 5.95. The fourth-order valence-electron chi connectivity index (χ4n) is 4.02. The summed E-state index contributed by atoms with van der Waals surface area (Å²) in [5.41, 5.74) is 6.30. The van der Waals surface area contributed by atoms with Crippen LogP contribution in [0.3, 0.4) is 0 Å². The van der Waals surface area contributed by atoms with Crippen LogP contribution >= 0.6 is 0 Å². The number of aromatic amines is 3. The van der Waals surface area contributed by atoms with Gasteiger partial charge in [0.25, 0.3) is 0 Å². The molecule has 0 saturated heterocycles. The van der Waals surface area contributed by atoms with Crippen LogP contribution in [0.25, 0.3) is 56.0 Å². The standard InChI is InChI=1S/C25H22FN9O/c1-35(2)5-6-36-17-8-14(7-16(26)9-17)18-12-27-13-21-22(18)32-25(31-21)24-23-20(33-34-24)4-3-19(30-23)15-10-28-29-11-15/h3-4,7-13H,5-6H2,1-2H3,(H,28,29)(H,31,32)(H,33,34). The third-order valence-corrected chi connectivity index (χ3v) is 5.81. The summed E-state index contributed by atoms with van der Waals surface area (Å²) in [4.78, 5) is 19.2. The molecule has 0 unspecified atom stereocenters. The Balaban J connectivity index is 1.41. The van der Waals surface area contributed by atoms with Gasteiger partial charge < -0.3 is 14.6 Å². The molecule has 0 aliphatic carbocycles. The number of nitrogens with one attached hydrogen (secondary N) is 3. The number of hydrogen-bond acceptors (Lipinski definition) is 7. The third kappa shape index (κ3) is 4.05. The van der Waals surface area contributed by atoms with Crippen molar-refractivity contribution in [2.75, 3.05) is 27.2 Å². The van der Waals surface area contributed by atoms with Gasteiger partial charge in [-0.1, -0.05) is 0 Å². The van der Waals surface area contributed by atoms with Crippen molar-refractivity contribution < 1.29 is 9.13 Å². The summed E-state index contributed by atoms with van der Waals surface area (Å²) in [5.74, 6) is 0.587. The van der Waals surface area contributed by atoms with E-state index >= 15 is 0 Å². The van der Waals surface area contributed by atoms with Crippen molar-refractivity contribution in [3.05, 3.63) is 60.9 Å². The van der Waals surface area contributed by atoms with Gasteiger partial charge in [0.05, 0.1) is 34.6 Å². The van der Waals surface area contributed by atoms with Gasteiger partial charge in [-0.3, -0.25) is 15.2 Å². The SMILES string of the molecule is CN(C)CCOc1cc(F)cc(-c2cncc3[nH]c(-c4n[nH]c5ccc(-c6cn[nH]c6)nc45)nc23)c1. The first-order valence-corrected chi connectivity index (χ1v) is 11.3. The van der Waals surface area contributed by atoms with Crippen molar-refractivity contribution in [3.63, 3.8) is 0 Å². The van der Waals surface area contributed by atoms with Crippen LogP contribution in [-0.4, -0.2) is 72.5 Å². The predicted molar refractivity (Wildman–Crippen MR) is 134 cm³/mol. The molecule has 5 heterocycles. The lowest BCUT2D eigenvalue weighted by Gasteiger charge is -2.12. The summed E-state index contributed by atoms with van der Waals surface area (Å²) in [6, 6.07) is 8.44. The summed E-state index contributed by atoms with van der Waals surface area (Å²) in [6.07, 6.45) is 6.85. The smallest absolute Gasteiger partial charge is 0.161 e. The Hall–Kier alpha value is -4.64. The minimum Gasteiger partial charge on any atom is -0.492 e. The number of imidazole rings is 1. The molecular weight excluding hydrogens is 461 g/mol. The van der Waals surface area contributed by atoms with E-state index in [1.54, 1.807) is 30.9 Å². The van der Waals surface area contributed by atoms with E-state index in [1.165, 1.54) is 12.1 Å². The van der Waals surface area contributed by atoms with Crippen LogP contribution in [0.4, 0.5) is 4.39 Å². The monoisotopic (exact) mass is 483 g/mol. The molecule has 6 rings (SSSR count). The van der Waals surface area contributed by atoms with Crippen LogP contribution in [0, 0.1) is 5.82 Å². The first kappa shape index (κ1) is 21.9. The fraction of sp³-hybridized carbons (Fsp3) is 0.160. The lowest BCUT2D eigenvalue weighted by Crippen LogP contribution is -2.19. The number of fused-ring (bicyclic) bond motifs is 2. The summed E-state index contributed by atoms with van der Waals surface area (Å²) in [7, 11) is 3.91. The second-order valence-electron chi connectivity index (χ2n) is 8.65. The number of pyridine rings is 2. The summed E-state index contributed by atoms with van der Waals surface area (Å²) < 4.78 is 20.3. The van der Waals surface area contributed by atoms with E-state index in [9.17, 15) is 4.39 Å². The zero-order valence-corrected chi connectivity index (χ0v) is 19.6. The molecule has 10 nitrogen and oxygen atoms in total. The Morgan fingerprint density at radius 3 is 2.72 bits per heavy atom. The molecule has 11 heteroatoms. The molecule has 0 aliphatic heterocycles. The molecule has 3 N–H and O–H groups in total. The maximum atomic E-state index is 14.5. The zero-order valence-electron chi connectivity index (χ0n) is 19.6. The highest BCUT2D eigenvalue weighted by atomic mass is 19.1. The Morgan fingerprint density at radius 1 is 0.972 bits per heavy atom. The van der Waals surface area contributed by atoms with Crippen LogP contribution in [0.15, 0.2) is 55.1 Å². The maximum Gasteiger partial charge on any atom is 0.161 e. The molecule has 0 radical (unpaired) electrons. The normalized spacial score (nSPS) is 11.7. The molecule has 0 saturated carbocycles. The lowest BCUT2D eigenvalue weighted by atomic mass is 10.1. The van der Waals surface area contributed by atoms with Gasteiger partial charge in [0.15, 0.2) is 11.5 Å². The van der Waals surface area contributed by atoms with Gasteiger partial charge in [0.2, 0.25) is 0 Å². The first-order chi connectivity index (χ1) is 17.5. The number of rotatable bonds is 7. The number of halogens is 1. The van der Waals surface area contributed by atoms with Gasteiger partial charge >= 0.3 is 0 Å². The molecule has 0 bridgehead atoms. The van der Waals surface area contributed by atoms with Gasteiger partial charge in [-0.15, -0.1) is 0 Å². The number of hydrogen-bond donors (Lipinski definition) is 3. The lowest BCUT2D eigenvalue weighted by molar-refractivity contribution is 0.260. The summed E-state index contributed by atoms with van der Waals surface area (Å²) in [5, 5.41) is 14.3. The average molecular weight is 484 g/mol. The van der Waals surface area contributed by atoms with Crippen molar-refractivity contribution in [2.24, 2.45) is 0 Å². The van der Waals surface area contributed by atoms with Crippen molar-refractivity contribution in [1.82, 2.24) is 45.2 Å². The van der Waals surface area contributed by atoms with Crippen LogP contribution in [-0.2, 0) is 0 Å². The largest absolute Gasteiger partial charge is 0.492 e. The molecular formula is C25H22FN9O. The fourth-order valence-corrected chi connectivity index (χ4v) is 4.02. The predicted octanol–water partition coefficient (Wildman–Crippen LogP) is 4.03. The first-order valence-electron chi connectivity index (χ1n) is 11.3. The summed E-state index contributed by atoms with van der Waals surface area (Å²) >= 11 is 0. The highest BCUT2D eigenvalue weighted by Crippen LogP contribution is 2.33. The molecule has 5 aromatic heterocycles. The molecule has 0 amide bonds. The minimum atomic E-state index is -0.394. The Morgan fingerprint density at radius 2 is 1.89 bits per heavy atom. The highest BCUT2D eigenvalue weighted by Gasteiger charge is 2.18. The molecule has 0 spiro atoms. The van der Waals surface area contributed by atoms with E-state index < -0.39 is 5.82 Å². The molecule has 0 aliphatic rings. The number of benzene rings is 1. The van der Waals surface area contributed by atoms with Gasteiger partial charge in [-0.25, -0.2) is 14.4 Å². The molecule has 0 fully saturated rings. The number of nitrogens with zero attached hydrogens (tertiary/aromatic N) is 6. The van der Waals surface area contributed by atoms with E-state index in [0.29, 0.717) is 51.6 Å². The zero-order chi connectivity index (χ0) is 24.6. The van der Waals surface area contributed by atoms with E-state index in [0.717, 1.165) is 23.3 Å². The van der Waals surface area contributed by atoms with Gasteiger partial charge in [-0.05, 0) is 43.9 Å². The number of ether oxygens (including phenoxy) is 1. The second-order valence-corrected chi connectivity index (χ2v) is 8.65. The van der Waals surface area contributed by atoms with E-state index in [2.05, 4.69) is 30.4 Å².